The molecule has 3 heteroatoms. The minimum absolute atomic E-state index is 0.211. The van der Waals surface area contributed by atoms with Gasteiger partial charge in [0.1, 0.15) is 0 Å². The molecule has 0 spiro atoms. The zero-order chi connectivity index (χ0) is 15.0. The monoisotopic (exact) mass is 300 g/mol. The van der Waals surface area contributed by atoms with Crippen molar-refractivity contribution in [1.82, 2.24) is 0 Å². The van der Waals surface area contributed by atoms with Crippen LogP contribution in [0.15, 0.2) is 72.6 Å². The Hall–Kier alpha value is -1.63. The first-order valence-electron chi connectivity index (χ1n) is 7.27. The summed E-state index contributed by atoms with van der Waals surface area (Å²) in [7, 11) is -2.72. The molecular weight excluding hydrogens is 279 g/mol. The Bertz CT molecular complexity index is 562. The van der Waals surface area contributed by atoms with Gasteiger partial charge in [0, 0.05) is 17.2 Å². The highest BCUT2D eigenvalue weighted by molar-refractivity contribution is 7.81. The van der Waals surface area contributed by atoms with Crippen LogP contribution in [0.25, 0.3) is 0 Å². The van der Waals surface area contributed by atoms with Gasteiger partial charge < -0.3 is 9.67 Å². The molecule has 0 bridgehead atoms. The van der Waals surface area contributed by atoms with Crippen molar-refractivity contribution in [2.45, 2.75) is 19.3 Å². The zero-order valence-electron chi connectivity index (χ0n) is 12.1. The molecule has 0 heterocycles. The zero-order valence-corrected chi connectivity index (χ0v) is 13.0. The van der Waals surface area contributed by atoms with Gasteiger partial charge in [0.05, 0.1) is 0 Å². The second-order valence-electron chi connectivity index (χ2n) is 4.93. The SMILES string of the molecule is O=P(/C=C/CCCCO)(c1ccccc1)c1ccccc1. The number of hydrogen-bond donors (Lipinski definition) is 1. The maximum absolute atomic E-state index is 13.5. The first kappa shape index (κ1) is 15.8. The number of aliphatic hydroxyl groups excluding tert-OH is 1. The second-order valence-corrected chi connectivity index (χ2v) is 7.58. The fourth-order valence-electron chi connectivity index (χ4n) is 2.22. The molecule has 0 aromatic heterocycles. The third-order valence-corrected chi connectivity index (χ3v) is 6.14. The minimum Gasteiger partial charge on any atom is -0.396 e. The number of allylic oxidation sites excluding steroid dienone is 1. The molecule has 0 aliphatic carbocycles. The van der Waals surface area contributed by atoms with Crippen molar-refractivity contribution in [1.29, 1.82) is 0 Å². The average Bonchev–Trinajstić information content (AvgIpc) is 2.56. The van der Waals surface area contributed by atoms with Crippen LogP contribution in [0.2, 0.25) is 0 Å². The van der Waals surface area contributed by atoms with Crippen molar-refractivity contribution < 1.29 is 9.67 Å². The average molecular weight is 300 g/mol. The second kappa shape index (κ2) is 7.97. The predicted molar refractivity (Wildman–Crippen MR) is 89.8 cm³/mol. The third-order valence-electron chi connectivity index (χ3n) is 3.37. The molecular formula is C18H21O2P. The van der Waals surface area contributed by atoms with E-state index in [4.69, 9.17) is 5.11 Å². The van der Waals surface area contributed by atoms with E-state index >= 15 is 0 Å². The van der Waals surface area contributed by atoms with E-state index in [1.807, 2.05) is 72.6 Å². The quantitative estimate of drug-likeness (QED) is 0.625. The Balaban J connectivity index is 2.30. The fourth-order valence-corrected chi connectivity index (χ4v) is 4.54. The van der Waals surface area contributed by atoms with Crippen LogP contribution in [0.1, 0.15) is 19.3 Å². The van der Waals surface area contributed by atoms with E-state index in [1.165, 1.54) is 0 Å². The van der Waals surface area contributed by atoms with Gasteiger partial charge in [-0.05, 0) is 25.1 Å². The molecule has 1 N–H and O–H groups in total. The molecule has 2 nitrogen and oxygen atoms in total. The van der Waals surface area contributed by atoms with Crippen LogP contribution in [-0.4, -0.2) is 11.7 Å². The van der Waals surface area contributed by atoms with Crippen LogP contribution < -0.4 is 10.6 Å². The lowest BCUT2D eigenvalue weighted by molar-refractivity contribution is 0.285. The molecule has 0 aliphatic heterocycles. The molecule has 2 rings (SSSR count). The van der Waals surface area contributed by atoms with E-state index in [1.54, 1.807) is 0 Å². The topological polar surface area (TPSA) is 37.3 Å². The minimum atomic E-state index is -2.72. The highest BCUT2D eigenvalue weighted by Crippen LogP contribution is 2.44. The molecule has 0 atom stereocenters. The van der Waals surface area contributed by atoms with Gasteiger partial charge in [-0.2, -0.15) is 0 Å². The lowest BCUT2D eigenvalue weighted by Gasteiger charge is -2.15. The number of rotatable bonds is 7. The van der Waals surface area contributed by atoms with Crippen molar-refractivity contribution >= 4 is 17.8 Å². The number of unbranched alkanes of at least 4 members (excludes halogenated alkanes) is 2. The Morgan fingerprint density at radius 1 is 0.857 bits per heavy atom. The first-order chi connectivity index (χ1) is 10.3. The summed E-state index contributed by atoms with van der Waals surface area (Å²) in [6.07, 6.45) is 4.52. The maximum atomic E-state index is 13.5. The number of benzene rings is 2. The lowest BCUT2D eigenvalue weighted by Crippen LogP contribution is -2.13. The van der Waals surface area contributed by atoms with E-state index in [-0.39, 0.29) is 6.61 Å². The Kier molecular flexibility index (Phi) is 5.98. The van der Waals surface area contributed by atoms with Gasteiger partial charge in [0.2, 0.25) is 0 Å². The fraction of sp³-hybridized carbons (Fsp3) is 0.222. The van der Waals surface area contributed by atoms with E-state index in [9.17, 15) is 4.57 Å². The first-order valence-corrected chi connectivity index (χ1v) is 9.04. The molecule has 0 radical (unpaired) electrons. The molecule has 0 saturated heterocycles. The summed E-state index contributed by atoms with van der Waals surface area (Å²) >= 11 is 0. The van der Waals surface area contributed by atoms with Crippen molar-refractivity contribution in [3.05, 3.63) is 72.6 Å². The lowest BCUT2D eigenvalue weighted by atomic mass is 10.2. The molecule has 2 aromatic carbocycles. The number of aliphatic hydroxyl groups is 1. The van der Waals surface area contributed by atoms with Crippen molar-refractivity contribution in [3.63, 3.8) is 0 Å². The summed E-state index contributed by atoms with van der Waals surface area (Å²) in [5.41, 5.74) is 0. The van der Waals surface area contributed by atoms with E-state index in [0.717, 1.165) is 29.9 Å². The summed E-state index contributed by atoms with van der Waals surface area (Å²) in [6, 6.07) is 19.2. The molecule has 0 fully saturated rings. The van der Waals surface area contributed by atoms with Gasteiger partial charge >= 0.3 is 0 Å². The van der Waals surface area contributed by atoms with Crippen LogP contribution in [0, 0.1) is 0 Å². The Labute approximate surface area is 126 Å². The van der Waals surface area contributed by atoms with Crippen molar-refractivity contribution in [2.24, 2.45) is 0 Å². The van der Waals surface area contributed by atoms with Gasteiger partial charge in [-0.1, -0.05) is 66.7 Å². The molecule has 0 amide bonds. The predicted octanol–water partition coefficient (Wildman–Crippen LogP) is 3.68. The van der Waals surface area contributed by atoms with E-state index in [2.05, 4.69) is 0 Å². The van der Waals surface area contributed by atoms with Gasteiger partial charge in [0.25, 0.3) is 0 Å². The van der Waals surface area contributed by atoms with E-state index < -0.39 is 7.14 Å². The van der Waals surface area contributed by atoms with Crippen LogP contribution in [0.5, 0.6) is 0 Å². The molecule has 21 heavy (non-hydrogen) atoms. The van der Waals surface area contributed by atoms with Crippen LogP contribution >= 0.6 is 7.14 Å². The summed E-state index contributed by atoms with van der Waals surface area (Å²) < 4.78 is 13.5. The third kappa shape index (κ3) is 4.17. The summed E-state index contributed by atoms with van der Waals surface area (Å²) in [4.78, 5) is 0. The molecule has 0 unspecified atom stereocenters. The Morgan fingerprint density at radius 2 is 1.38 bits per heavy atom. The van der Waals surface area contributed by atoms with Crippen molar-refractivity contribution in [3.8, 4) is 0 Å². The Morgan fingerprint density at radius 3 is 1.86 bits per heavy atom. The van der Waals surface area contributed by atoms with Crippen LogP contribution in [0.3, 0.4) is 0 Å². The summed E-state index contributed by atoms with van der Waals surface area (Å²) in [5.74, 6) is 1.86. The van der Waals surface area contributed by atoms with Gasteiger partial charge in [-0.25, -0.2) is 0 Å². The van der Waals surface area contributed by atoms with Crippen LogP contribution in [0.4, 0.5) is 0 Å². The smallest absolute Gasteiger partial charge is 0.163 e. The molecule has 0 aliphatic rings. The molecule has 110 valence electrons. The standard InChI is InChI=1S/C18H21O2P/c19-15-9-1-2-10-16-21(20,17-11-5-3-6-12-17)18-13-7-4-8-14-18/h3-8,10-14,16,19H,1-2,9,15H2/b16-10+. The maximum Gasteiger partial charge on any atom is 0.163 e. The normalized spacial score (nSPS) is 11.9. The molecule has 0 saturated carbocycles. The van der Waals surface area contributed by atoms with Gasteiger partial charge in [-0.15, -0.1) is 0 Å². The van der Waals surface area contributed by atoms with Crippen molar-refractivity contribution in [2.75, 3.05) is 6.61 Å². The van der Waals surface area contributed by atoms with Gasteiger partial charge in [-0.3, -0.25) is 0 Å². The van der Waals surface area contributed by atoms with Crippen LogP contribution in [-0.2, 0) is 4.57 Å². The molecule has 2 aromatic rings. The van der Waals surface area contributed by atoms with Gasteiger partial charge in [0.15, 0.2) is 7.14 Å². The number of hydrogen-bond acceptors (Lipinski definition) is 2. The highest BCUT2D eigenvalue weighted by Gasteiger charge is 2.23. The largest absolute Gasteiger partial charge is 0.396 e. The highest BCUT2D eigenvalue weighted by atomic mass is 31.2. The summed E-state index contributed by atoms with van der Waals surface area (Å²) in [6.45, 7) is 0.211. The van der Waals surface area contributed by atoms with E-state index in [0.29, 0.717) is 0 Å². The summed E-state index contributed by atoms with van der Waals surface area (Å²) in [5, 5.41) is 10.5.